The number of H-pyrrole nitrogens is 1. The number of nitrogens with zero attached hydrogens (tertiary/aromatic N) is 2. The summed E-state index contributed by atoms with van der Waals surface area (Å²) in [6.45, 7) is 2.92. The van der Waals surface area contributed by atoms with Crippen molar-refractivity contribution in [1.29, 1.82) is 0 Å². The van der Waals surface area contributed by atoms with Crippen molar-refractivity contribution in [2.24, 2.45) is 0 Å². The van der Waals surface area contributed by atoms with Crippen LogP contribution in [-0.4, -0.2) is 50.1 Å². The van der Waals surface area contributed by atoms with E-state index in [1.807, 2.05) is 25.1 Å². The van der Waals surface area contributed by atoms with Crippen LogP contribution in [0.4, 0.5) is 5.69 Å². The van der Waals surface area contributed by atoms with Gasteiger partial charge in [-0.2, -0.15) is 0 Å². The van der Waals surface area contributed by atoms with Crippen LogP contribution in [0.15, 0.2) is 58.2 Å². The van der Waals surface area contributed by atoms with Crippen LogP contribution in [0.25, 0.3) is 33.5 Å². The molecule has 9 heteroatoms. The molecule has 1 fully saturated rings. The van der Waals surface area contributed by atoms with Crippen LogP contribution in [-0.2, 0) is 9.84 Å². The first-order valence-corrected chi connectivity index (χ1v) is 12.4. The highest BCUT2D eigenvalue weighted by molar-refractivity contribution is 7.91. The number of benzene rings is 2. The monoisotopic (exact) mass is 465 g/mol. The Morgan fingerprint density at radius 2 is 1.91 bits per heavy atom. The van der Waals surface area contributed by atoms with Crippen molar-refractivity contribution in [2.45, 2.75) is 6.92 Å². The molecule has 3 heterocycles. The molecule has 1 saturated heterocycles. The summed E-state index contributed by atoms with van der Waals surface area (Å²) in [6.07, 6.45) is 2.91. The van der Waals surface area contributed by atoms with E-state index < -0.39 is 9.84 Å². The van der Waals surface area contributed by atoms with Crippen LogP contribution in [0.3, 0.4) is 0 Å². The lowest BCUT2D eigenvalue weighted by molar-refractivity contribution is 0.415. The van der Waals surface area contributed by atoms with Crippen molar-refractivity contribution in [1.82, 2.24) is 9.97 Å². The highest BCUT2D eigenvalue weighted by Gasteiger charge is 2.23. The van der Waals surface area contributed by atoms with Gasteiger partial charge in [-0.1, -0.05) is 12.1 Å². The average Bonchev–Trinajstić information content (AvgIpc) is 3.33. The predicted molar refractivity (Wildman–Crippen MR) is 128 cm³/mol. The van der Waals surface area contributed by atoms with Crippen molar-refractivity contribution in [3.05, 3.63) is 64.8 Å². The van der Waals surface area contributed by atoms with Gasteiger partial charge in [-0.05, 0) is 24.6 Å². The second kappa shape index (κ2) is 8.08. The third-order valence-corrected chi connectivity index (χ3v) is 7.66. The molecule has 4 aromatic rings. The molecule has 1 aliphatic rings. The minimum Gasteiger partial charge on any atom is -0.496 e. The first kappa shape index (κ1) is 21.3. The zero-order valence-corrected chi connectivity index (χ0v) is 19.1. The summed E-state index contributed by atoms with van der Waals surface area (Å²) in [7, 11) is -1.40. The van der Waals surface area contributed by atoms with E-state index in [1.54, 1.807) is 31.5 Å². The SMILES string of the molecule is COc1cc2[nH]c(-c3ccc(C)c(N4CCS(=O)(=O)CC4)c3)cc(=O)c2cc1-c1cnco1. The molecule has 0 spiro atoms. The first-order chi connectivity index (χ1) is 15.8. The van der Waals surface area contributed by atoms with Gasteiger partial charge in [0.2, 0.25) is 0 Å². The molecule has 5 rings (SSSR count). The van der Waals surface area contributed by atoms with Crippen molar-refractivity contribution in [3.8, 4) is 28.3 Å². The summed E-state index contributed by atoms with van der Waals surface area (Å²) in [5, 5.41) is 0.513. The molecule has 0 unspecified atom stereocenters. The minimum atomic E-state index is -2.97. The highest BCUT2D eigenvalue weighted by Crippen LogP contribution is 2.34. The van der Waals surface area contributed by atoms with Gasteiger partial charge in [0, 0.05) is 47.6 Å². The van der Waals surface area contributed by atoms with E-state index in [2.05, 4.69) is 14.9 Å². The molecular weight excluding hydrogens is 442 g/mol. The van der Waals surface area contributed by atoms with Crippen molar-refractivity contribution in [2.75, 3.05) is 36.6 Å². The van der Waals surface area contributed by atoms with Crippen LogP contribution in [0.2, 0.25) is 0 Å². The third-order valence-electron chi connectivity index (χ3n) is 6.05. The molecule has 0 amide bonds. The van der Waals surface area contributed by atoms with E-state index in [1.165, 1.54) is 6.39 Å². The fraction of sp³-hybridized carbons (Fsp3) is 0.250. The number of oxazole rings is 1. The molecule has 8 nitrogen and oxygen atoms in total. The number of rotatable bonds is 4. The Balaban J connectivity index is 1.58. The molecule has 33 heavy (non-hydrogen) atoms. The topological polar surface area (TPSA) is 106 Å². The van der Waals surface area contributed by atoms with E-state index >= 15 is 0 Å². The Bertz CT molecular complexity index is 1490. The van der Waals surface area contributed by atoms with Gasteiger partial charge in [0.05, 0.1) is 35.9 Å². The maximum Gasteiger partial charge on any atom is 0.190 e. The first-order valence-electron chi connectivity index (χ1n) is 10.5. The zero-order chi connectivity index (χ0) is 23.2. The number of hydrogen-bond acceptors (Lipinski definition) is 7. The number of methoxy groups -OCH3 is 1. The number of hydrogen-bond donors (Lipinski definition) is 1. The molecule has 170 valence electrons. The lowest BCUT2D eigenvalue weighted by atomic mass is 10.0. The van der Waals surface area contributed by atoms with E-state index in [0.29, 0.717) is 46.8 Å². The summed E-state index contributed by atoms with van der Waals surface area (Å²) < 4.78 is 34.6. The maximum absolute atomic E-state index is 13.0. The molecule has 0 atom stereocenters. The van der Waals surface area contributed by atoms with Crippen LogP contribution in [0.5, 0.6) is 5.75 Å². The van der Waals surface area contributed by atoms with Gasteiger partial charge in [-0.3, -0.25) is 4.79 Å². The number of anilines is 1. The number of ether oxygens (including phenoxy) is 1. The summed E-state index contributed by atoms with van der Waals surface area (Å²) in [6, 6.07) is 11.0. The van der Waals surface area contributed by atoms with Crippen LogP contribution in [0, 0.1) is 6.92 Å². The number of nitrogens with one attached hydrogen (secondary N) is 1. The molecule has 0 saturated carbocycles. The Kier molecular flexibility index (Phi) is 5.20. The Morgan fingerprint density at radius 1 is 1.12 bits per heavy atom. The number of aromatic nitrogens is 2. The second-order valence-corrected chi connectivity index (χ2v) is 10.5. The fourth-order valence-electron chi connectivity index (χ4n) is 4.21. The van der Waals surface area contributed by atoms with Crippen LogP contribution in [0.1, 0.15) is 5.56 Å². The molecule has 1 aliphatic heterocycles. The predicted octanol–water partition coefficient (Wildman–Crippen LogP) is 3.40. The van der Waals surface area contributed by atoms with Crippen LogP contribution >= 0.6 is 0 Å². The number of aryl methyl sites for hydroxylation is 1. The second-order valence-electron chi connectivity index (χ2n) is 8.15. The Labute approximate surface area is 190 Å². The van der Waals surface area contributed by atoms with E-state index in [-0.39, 0.29) is 16.9 Å². The van der Waals surface area contributed by atoms with Crippen molar-refractivity contribution >= 4 is 26.4 Å². The Morgan fingerprint density at radius 3 is 2.61 bits per heavy atom. The van der Waals surface area contributed by atoms with Gasteiger partial charge in [0.1, 0.15) is 5.75 Å². The summed E-state index contributed by atoms with van der Waals surface area (Å²) >= 11 is 0. The summed E-state index contributed by atoms with van der Waals surface area (Å²) in [5.41, 5.74) is 4.71. The molecule has 0 aliphatic carbocycles. The lowest BCUT2D eigenvalue weighted by Gasteiger charge is -2.30. The number of pyridine rings is 1. The van der Waals surface area contributed by atoms with Gasteiger partial charge in [-0.15, -0.1) is 0 Å². The maximum atomic E-state index is 13.0. The van der Waals surface area contributed by atoms with Gasteiger partial charge in [-0.25, -0.2) is 13.4 Å². The largest absolute Gasteiger partial charge is 0.496 e. The smallest absolute Gasteiger partial charge is 0.190 e. The third kappa shape index (κ3) is 4.00. The standard InChI is InChI=1S/C24H23N3O5S/c1-15-3-4-16(9-21(15)27-5-7-33(29,30)8-6-27)19-11-22(28)17-10-18(24-13-25-14-32-24)23(31-2)12-20(17)26-19/h3-4,9-14H,5-8H2,1-2H3,(H,26,28). The van der Waals surface area contributed by atoms with Crippen molar-refractivity contribution in [3.63, 3.8) is 0 Å². The highest BCUT2D eigenvalue weighted by atomic mass is 32.2. The summed E-state index contributed by atoms with van der Waals surface area (Å²) in [4.78, 5) is 22.4. The molecular formula is C24H23N3O5S. The van der Waals surface area contributed by atoms with E-state index in [9.17, 15) is 13.2 Å². The number of fused-ring (bicyclic) bond motifs is 1. The van der Waals surface area contributed by atoms with Crippen LogP contribution < -0.4 is 15.1 Å². The number of aromatic amines is 1. The van der Waals surface area contributed by atoms with Gasteiger partial charge >= 0.3 is 0 Å². The lowest BCUT2D eigenvalue weighted by Crippen LogP contribution is -2.40. The number of sulfone groups is 1. The zero-order valence-electron chi connectivity index (χ0n) is 18.3. The van der Waals surface area contributed by atoms with Gasteiger partial charge in [0.25, 0.3) is 0 Å². The Hall–Kier alpha value is -3.59. The van der Waals surface area contributed by atoms with E-state index in [4.69, 9.17) is 9.15 Å². The quantitative estimate of drug-likeness (QED) is 0.492. The molecule has 1 N–H and O–H groups in total. The van der Waals surface area contributed by atoms with Gasteiger partial charge in [0.15, 0.2) is 27.4 Å². The average molecular weight is 466 g/mol. The molecule has 0 bridgehead atoms. The molecule has 2 aromatic heterocycles. The molecule has 2 aromatic carbocycles. The minimum absolute atomic E-state index is 0.131. The summed E-state index contributed by atoms with van der Waals surface area (Å²) in [5.74, 6) is 1.38. The normalized spacial score (nSPS) is 15.6. The fourth-order valence-corrected chi connectivity index (χ4v) is 5.42. The van der Waals surface area contributed by atoms with E-state index in [0.717, 1.165) is 16.8 Å². The van der Waals surface area contributed by atoms with Gasteiger partial charge < -0.3 is 19.0 Å². The molecule has 0 radical (unpaired) electrons. The van der Waals surface area contributed by atoms with Crippen molar-refractivity contribution < 1.29 is 17.6 Å².